The Morgan fingerprint density at radius 2 is 0.800 bits per heavy atom. The van der Waals surface area contributed by atoms with Crippen LogP contribution in [0.3, 0.4) is 0 Å². The van der Waals surface area contributed by atoms with Crippen LogP contribution in [0.5, 0.6) is 0 Å². The number of fused-ring (bicyclic) bond motifs is 3. The Bertz CT molecular complexity index is 1190. The number of carbonyl (C=O) groups is 4. The molecule has 0 spiro atoms. The summed E-state index contributed by atoms with van der Waals surface area (Å²) in [6, 6.07) is 16.6. The van der Waals surface area contributed by atoms with Gasteiger partial charge in [-0.1, -0.05) is 48.5 Å². The lowest BCUT2D eigenvalue weighted by molar-refractivity contribution is 0.0980. The Labute approximate surface area is 171 Å². The fourth-order valence-corrected chi connectivity index (χ4v) is 3.52. The van der Waals surface area contributed by atoms with Crippen molar-refractivity contribution in [3.8, 4) is 0 Å². The van der Waals surface area contributed by atoms with E-state index < -0.39 is 0 Å². The van der Waals surface area contributed by atoms with Crippen molar-refractivity contribution in [1.82, 2.24) is 0 Å². The number of allylic oxidation sites excluding steroid dienone is 2. The molecule has 4 N–H and O–H groups in total. The van der Waals surface area contributed by atoms with Gasteiger partial charge in [-0.3, -0.25) is 19.2 Å². The molecule has 30 heavy (non-hydrogen) atoms. The van der Waals surface area contributed by atoms with Gasteiger partial charge >= 0.3 is 0 Å². The maximum Gasteiger partial charge on any atom is 0.196 e. The summed E-state index contributed by atoms with van der Waals surface area (Å²) in [7, 11) is 0. The molecule has 2 aliphatic rings. The topological polar surface area (TPSA) is 120 Å². The molecule has 2 aliphatic carbocycles. The molecule has 3 aromatic carbocycles. The Balaban J connectivity index is 0.000000158. The summed E-state index contributed by atoms with van der Waals surface area (Å²) in [4.78, 5) is 47.1. The summed E-state index contributed by atoms with van der Waals surface area (Å²) < 4.78 is 0. The summed E-state index contributed by atoms with van der Waals surface area (Å²) in [5, 5.41) is 0. The van der Waals surface area contributed by atoms with Crippen molar-refractivity contribution in [2.24, 2.45) is 0 Å². The molecule has 0 fully saturated rings. The quantitative estimate of drug-likeness (QED) is 0.440. The van der Waals surface area contributed by atoms with Gasteiger partial charge in [-0.2, -0.15) is 0 Å². The molecule has 0 aromatic heterocycles. The monoisotopic (exact) mass is 396 g/mol. The maximum atomic E-state index is 12.3. The van der Waals surface area contributed by atoms with E-state index in [2.05, 4.69) is 0 Å². The molecule has 0 amide bonds. The maximum absolute atomic E-state index is 12.3. The van der Waals surface area contributed by atoms with Crippen molar-refractivity contribution < 1.29 is 19.2 Å². The van der Waals surface area contributed by atoms with Gasteiger partial charge in [0.25, 0.3) is 0 Å². The molecule has 0 saturated carbocycles. The molecule has 0 saturated heterocycles. The number of hydrogen-bond donors (Lipinski definition) is 2. The van der Waals surface area contributed by atoms with Gasteiger partial charge in [0.15, 0.2) is 23.1 Å². The molecule has 5 rings (SSSR count). The van der Waals surface area contributed by atoms with Gasteiger partial charge in [-0.15, -0.1) is 0 Å². The van der Waals surface area contributed by atoms with Crippen LogP contribution in [0.15, 0.2) is 72.8 Å². The minimum absolute atomic E-state index is 0.0924. The summed E-state index contributed by atoms with van der Waals surface area (Å²) in [5.41, 5.74) is 14.4. The molecular formula is C24H16N2O4. The fourth-order valence-electron chi connectivity index (χ4n) is 3.52. The van der Waals surface area contributed by atoms with Crippen molar-refractivity contribution in [2.75, 3.05) is 11.5 Å². The van der Waals surface area contributed by atoms with Crippen LogP contribution >= 0.6 is 0 Å². The number of nitrogens with two attached hydrogens (primary N) is 2. The zero-order valence-corrected chi connectivity index (χ0v) is 15.7. The summed E-state index contributed by atoms with van der Waals surface area (Å²) >= 11 is 0. The molecule has 6 nitrogen and oxygen atoms in total. The molecule has 0 heterocycles. The minimum Gasteiger partial charge on any atom is -0.398 e. The molecule has 0 aliphatic heterocycles. The highest BCUT2D eigenvalue weighted by molar-refractivity contribution is 6.31. The smallest absolute Gasteiger partial charge is 0.196 e. The molecule has 0 bridgehead atoms. The zero-order valence-electron chi connectivity index (χ0n) is 15.7. The van der Waals surface area contributed by atoms with Gasteiger partial charge < -0.3 is 11.5 Å². The molecule has 6 heteroatoms. The van der Waals surface area contributed by atoms with E-state index in [4.69, 9.17) is 11.5 Å². The third-order valence-electron chi connectivity index (χ3n) is 4.98. The van der Waals surface area contributed by atoms with Crippen LogP contribution in [0.25, 0.3) is 0 Å². The van der Waals surface area contributed by atoms with Gasteiger partial charge in [-0.05, 0) is 24.3 Å². The van der Waals surface area contributed by atoms with Gasteiger partial charge in [0.1, 0.15) is 0 Å². The van der Waals surface area contributed by atoms with E-state index >= 15 is 0 Å². The van der Waals surface area contributed by atoms with Crippen molar-refractivity contribution in [2.45, 2.75) is 0 Å². The summed E-state index contributed by atoms with van der Waals surface area (Å²) in [6.45, 7) is 0. The standard InChI is InChI=1S/C14H10N2O2.C10H6O2/c15-9-5-6-10(16)12-11(9)13(17)7-3-1-2-4-8(7)14(12)18;11-9-5-6-10(12)8-4-2-1-3-7(8)9/h1-6H,15-16H2;1-6H. The number of ketones is 4. The number of carbonyl (C=O) groups excluding carboxylic acids is 4. The molecule has 0 radical (unpaired) electrons. The second-order valence-electron chi connectivity index (χ2n) is 6.81. The van der Waals surface area contributed by atoms with Gasteiger partial charge in [0.05, 0.1) is 11.1 Å². The largest absolute Gasteiger partial charge is 0.398 e. The molecule has 146 valence electrons. The Morgan fingerprint density at radius 3 is 1.17 bits per heavy atom. The van der Waals surface area contributed by atoms with E-state index in [0.717, 1.165) is 0 Å². The Morgan fingerprint density at radius 1 is 0.467 bits per heavy atom. The van der Waals surface area contributed by atoms with Crippen molar-refractivity contribution >= 4 is 34.5 Å². The van der Waals surface area contributed by atoms with E-state index in [9.17, 15) is 19.2 Å². The third-order valence-corrected chi connectivity index (χ3v) is 4.98. The average Bonchev–Trinajstić information content (AvgIpc) is 2.77. The number of benzene rings is 3. The number of hydrogen-bond acceptors (Lipinski definition) is 6. The highest BCUT2D eigenvalue weighted by atomic mass is 16.1. The van der Waals surface area contributed by atoms with Gasteiger partial charge in [0, 0.05) is 33.6 Å². The second kappa shape index (κ2) is 7.25. The summed E-state index contributed by atoms with van der Waals surface area (Å²) in [6.07, 6.45) is 2.62. The fraction of sp³-hybridized carbons (Fsp3) is 0. The number of nitrogen functional groups attached to an aromatic ring is 2. The predicted octanol–water partition coefficient (Wildman–Crippen LogP) is 3.25. The Kier molecular flexibility index (Phi) is 4.60. The average molecular weight is 396 g/mol. The first-order chi connectivity index (χ1) is 14.4. The van der Waals surface area contributed by atoms with Crippen LogP contribution in [0.2, 0.25) is 0 Å². The van der Waals surface area contributed by atoms with E-state index in [1.54, 1.807) is 60.7 Å². The zero-order chi connectivity index (χ0) is 21.4. The van der Waals surface area contributed by atoms with E-state index in [-0.39, 0.29) is 45.6 Å². The first-order valence-electron chi connectivity index (χ1n) is 9.12. The second-order valence-corrected chi connectivity index (χ2v) is 6.81. The first kappa shape index (κ1) is 19.0. The van der Waals surface area contributed by atoms with Gasteiger partial charge in [0.2, 0.25) is 0 Å². The minimum atomic E-state index is -0.245. The van der Waals surface area contributed by atoms with Crippen LogP contribution in [-0.4, -0.2) is 23.1 Å². The molecule has 0 unspecified atom stereocenters. The van der Waals surface area contributed by atoms with Crippen molar-refractivity contribution in [3.05, 3.63) is 106 Å². The molecule has 3 aromatic rings. The third kappa shape index (κ3) is 3.00. The van der Waals surface area contributed by atoms with Crippen molar-refractivity contribution in [1.29, 1.82) is 0 Å². The first-order valence-corrected chi connectivity index (χ1v) is 9.12. The van der Waals surface area contributed by atoms with Crippen LogP contribution in [0, 0.1) is 0 Å². The predicted molar refractivity (Wildman–Crippen MR) is 113 cm³/mol. The Hall–Kier alpha value is -4.32. The summed E-state index contributed by atoms with van der Waals surface area (Å²) in [5.74, 6) is -0.676. The van der Waals surface area contributed by atoms with Gasteiger partial charge in [-0.25, -0.2) is 0 Å². The van der Waals surface area contributed by atoms with E-state index in [0.29, 0.717) is 22.3 Å². The van der Waals surface area contributed by atoms with E-state index in [1.165, 1.54) is 12.2 Å². The van der Waals surface area contributed by atoms with Crippen LogP contribution in [0.4, 0.5) is 11.4 Å². The van der Waals surface area contributed by atoms with Crippen LogP contribution in [-0.2, 0) is 0 Å². The number of anilines is 2. The normalized spacial score (nSPS) is 13.7. The SMILES string of the molecule is Nc1ccc(N)c2c1C(=O)c1ccccc1C2=O.O=C1C=CC(=O)c2ccccc21. The molecular weight excluding hydrogens is 380 g/mol. The lowest BCUT2D eigenvalue weighted by Gasteiger charge is -2.20. The lowest BCUT2D eigenvalue weighted by atomic mass is 9.82. The highest BCUT2D eigenvalue weighted by Crippen LogP contribution is 2.33. The van der Waals surface area contributed by atoms with Crippen LogP contribution in [0.1, 0.15) is 52.6 Å². The van der Waals surface area contributed by atoms with E-state index in [1.807, 2.05) is 0 Å². The van der Waals surface area contributed by atoms with Crippen molar-refractivity contribution in [3.63, 3.8) is 0 Å². The lowest BCUT2D eigenvalue weighted by Crippen LogP contribution is -2.23. The molecule has 0 atom stereocenters. The van der Waals surface area contributed by atoms with Crippen LogP contribution < -0.4 is 11.5 Å². The highest BCUT2D eigenvalue weighted by Gasteiger charge is 2.32. The number of rotatable bonds is 0.